The Morgan fingerprint density at radius 2 is 1.89 bits per heavy atom. The molecule has 2 aromatic rings. The van der Waals surface area contributed by atoms with Gasteiger partial charge in [-0.05, 0) is 50.9 Å². The number of hydrogen-bond donors (Lipinski definition) is 2. The Balaban J connectivity index is 2.14. The summed E-state index contributed by atoms with van der Waals surface area (Å²) in [7, 11) is 0. The molecule has 0 aliphatic carbocycles. The number of para-hydroxylation sites is 1. The second-order valence-electron chi connectivity index (χ2n) is 4.35. The average molecular weight is 382 g/mol. The third-order valence-corrected chi connectivity index (χ3v) is 5.43. The predicted octanol–water partition coefficient (Wildman–Crippen LogP) is 4.34. The quantitative estimate of drug-likeness (QED) is 0.709. The molecule has 1 aliphatic heterocycles. The first-order valence-electron chi connectivity index (χ1n) is 5.74. The maximum atomic E-state index is 12.0. The minimum atomic E-state index is -0.0727. The number of rotatable bonds is 1. The number of hydrogen-bond acceptors (Lipinski definition) is 1. The summed E-state index contributed by atoms with van der Waals surface area (Å²) in [6.07, 6.45) is 1.86. The van der Waals surface area contributed by atoms with E-state index < -0.39 is 0 Å². The van der Waals surface area contributed by atoms with E-state index in [-0.39, 0.29) is 5.91 Å². The first-order valence-corrected chi connectivity index (χ1v) is 7.32. The first-order chi connectivity index (χ1) is 9.08. The van der Waals surface area contributed by atoms with Crippen LogP contribution in [0.15, 0.2) is 33.2 Å². The maximum Gasteiger partial charge on any atom is 0.256 e. The SMILES string of the molecule is Cc1[nH]c(C=C2C(=O)Nc3ccccc32)c(Br)c1Br. The molecule has 0 fully saturated rings. The Kier molecular flexibility index (Phi) is 3.11. The van der Waals surface area contributed by atoms with Gasteiger partial charge in [0, 0.05) is 16.9 Å². The van der Waals surface area contributed by atoms with Gasteiger partial charge in [0.25, 0.3) is 5.91 Å². The molecule has 0 unspecified atom stereocenters. The zero-order chi connectivity index (χ0) is 13.6. The molecule has 1 aliphatic rings. The number of carbonyl (C=O) groups excluding carboxylic acids is 1. The Morgan fingerprint density at radius 3 is 2.58 bits per heavy atom. The minimum absolute atomic E-state index is 0.0727. The van der Waals surface area contributed by atoms with Crippen molar-refractivity contribution >= 4 is 55.1 Å². The number of fused-ring (bicyclic) bond motifs is 1. The van der Waals surface area contributed by atoms with Gasteiger partial charge in [-0.25, -0.2) is 0 Å². The number of carbonyl (C=O) groups is 1. The fourth-order valence-corrected chi connectivity index (χ4v) is 2.94. The van der Waals surface area contributed by atoms with Crippen LogP contribution < -0.4 is 5.32 Å². The third-order valence-electron chi connectivity index (χ3n) is 3.08. The number of halogens is 2. The molecule has 19 heavy (non-hydrogen) atoms. The maximum absolute atomic E-state index is 12.0. The van der Waals surface area contributed by atoms with Crippen molar-refractivity contribution in [3.8, 4) is 0 Å². The summed E-state index contributed by atoms with van der Waals surface area (Å²) in [5.41, 5.74) is 4.36. The van der Waals surface area contributed by atoms with E-state index in [1.807, 2.05) is 37.3 Å². The molecular weight excluding hydrogens is 372 g/mol. The largest absolute Gasteiger partial charge is 0.357 e. The van der Waals surface area contributed by atoms with Crippen LogP contribution in [0.4, 0.5) is 5.69 Å². The van der Waals surface area contributed by atoms with E-state index >= 15 is 0 Å². The highest BCUT2D eigenvalue weighted by Crippen LogP contribution is 2.36. The summed E-state index contributed by atoms with van der Waals surface area (Å²) >= 11 is 7.00. The lowest BCUT2D eigenvalue weighted by molar-refractivity contribution is -0.110. The summed E-state index contributed by atoms with van der Waals surface area (Å²) in [6, 6.07) is 7.68. The third kappa shape index (κ3) is 2.07. The van der Waals surface area contributed by atoms with E-state index in [0.717, 1.165) is 31.6 Å². The van der Waals surface area contributed by atoms with Crippen molar-refractivity contribution in [2.24, 2.45) is 0 Å². The zero-order valence-electron chi connectivity index (χ0n) is 10.1. The summed E-state index contributed by atoms with van der Waals surface area (Å²) in [6.45, 7) is 1.97. The number of nitrogens with one attached hydrogen (secondary N) is 2. The highest BCUT2D eigenvalue weighted by molar-refractivity contribution is 9.13. The molecule has 1 amide bonds. The molecule has 0 saturated heterocycles. The molecular formula is C14H10Br2N2O. The normalized spacial score (nSPS) is 15.7. The van der Waals surface area contributed by atoms with E-state index in [1.165, 1.54) is 0 Å². The fourth-order valence-electron chi connectivity index (χ4n) is 2.12. The Labute approximate surface area is 127 Å². The van der Waals surface area contributed by atoms with E-state index in [1.54, 1.807) is 0 Å². The van der Waals surface area contributed by atoms with Crippen molar-refractivity contribution in [3.63, 3.8) is 0 Å². The molecule has 2 N–H and O–H groups in total. The molecule has 96 valence electrons. The van der Waals surface area contributed by atoms with Crippen LogP contribution in [-0.2, 0) is 4.79 Å². The Hall–Kier alpha value is -1.33. The highest BCUT2D eigenvalue weighted by Gasteiger charge is 2.24. The van der Waals surface area contributed by atoms with Gasteiger partial charge in [0.1, 0.15) is 0 Å². The van der Waals surface area contributed by atoms with Crippen LogP contribution in [0.3, 0.4) is 0 Å². The average Bonchev–Trinajstić information content (AvgIpc) is 2.83. The number of anilines is 1. The van der Waals surface area contributed by atoms with Crippen LogP contribution in [0.25, 0.3) is 11.6 Å². The van der Waals surface area contributed by atoms with E-state index in [9.17, 15) is 4.79 Å². The number of aryl methyl sites for hydroxylation is 1. The predicted molar refractivity (Wildman–Crippen MR) is 83.9 cm³/mol. The van der Waals surface area contributed by atoms with Gasteiger partial charge in [-0.1, -0.05) is 18.2 Å². The molecule has 0 radical (unpaired) electrons. The Bertz CT molecular complexity index is 716. The van der Waals surface area contributed by atoms with Crippen molar-refractivity contribution in [3.05, 3.63) is 50.2 Å². The molecule has 0 bridgehead atoms. The van der Waals surface area contributed by atoms with Crippen LogP contribution >= 0.6 is 31.9 Å². The van der Waals surface area contributed by atoms with Gasteiger partial charge in [-0.3, -0.25) is 4.79 Å². The Morgan fingerprint density at radius 1 is 1.16 bits per heavy atom. The summed E-state index contributed by atoms with van der Waals surface area (Å²) in [5.74, 6) is -0.0727. The number of benzene rings is 1. The van der Waals surface area contributed by atoms with Gasteiger partial charge in [0.2, 0.25) is 0 Å². The lowest BCUT2D eigenvalue weighted by Crippen LogP contribution is -2.03. The van der Waals surface area contributed by atoms with Crippen LogP contribution in [0.5, 0.6) is 0 Å². The standard InChI is InChI=1S/C14H10Br2N2O/c1-7-12(15)13(16)11(17-7)6-9-8-4-2-3-5-10(8)18-14(9)19/h2-6,17H,1H3,(H,18,19). The fraction of sp³-hybridized carbons (Fsp3) is 0.0714. The van der Waals surface area contributed by atoms with Crippen LogP contribution in [0, 0.1) is 6.92 Å². The van der Waals surface area contributed by atoms with Crippen molar-refractivity contribution in [2.45, 2.75) is 6.92 Å². The topological polar surface area (TPSA) is 44.9 Å². The van der Waals surface area contributed by atoms with Gasteiger partial charge in [0.05, 0.1) is 20.2 Å². The first kappa shape index (κ1) is 12.7. The minimum Gasteiger partial charge on any atom is -0.357 e. The molecule has 0 saturated carbocycles. The lowest BCUT2D eigenvalue weighted by atomic mass is 10.1. The zero-order valence-corrected chi connectivity index (χ0v) is 13.2. The molecule has 0 atom stereocenters. The molecule has 0 spiro atoms. The number of H-pyrrole nitrogens is 1. The van der Waals surface area contributed by atoms with Crippen molar-refractivity contribution in [1.29, 1.82) is 0 Å². The van der Waals surface area contributed by atoms with Crippen LogP contribution in [0.2, 0.25) is 0 Å². The lowest BCUT2D eigenvalue weighted by Gasteiger charge is -1.97. The smallest absolute Gasteiger partial charge is 0.256 e. The number of aromatic amines is 1. The molecule has 1 aromatic heterocycles. The number of amides is 1. The van der Waals surface area contributed by atoms with E-state index in [0.29, 0.717) is 5.57 Å². The van der Waals surface area contributed by atoms with Crippen LogP contribution in [-0.4, -0.2) is 10.9 Å². The monoisotopic (exact) mass is 380 g/mol. The molecule has 1 aromatic carbocycles. The second-order valence-corrected chi connectivity index (χ2v) is 5.94. The van der Waals surface area contributed by atoms with Crippen molar-refractivity contribution in [2.75, 3.05) is 5.32 Å². The second kappa shape index (κ2) is 4.65. The summed E-state index contributed by atoms with van der Waals surface area (Å²) in [5, 5.41) is 2.86. The van der Waals surface area contributed by atoms with Crippen molar-refractivity contribution in [1.82, 2.24) is 4.98 Å². The molecule has 2 heterocycles. The van der Waals surface area contributed by atoms with E-state index in [4.69, 9.17) is 0 Å². The highest BCUT2D eigenvalue weighted by atomic mass is 79.9. The summed E-state index contributed by atoms with van der Waals surface area (Å²) in [4.78, 5) is 15.3. The van der Waals surface area contributed by atoms with E-state index in [2.05, 4.69) is 42.2 Å². The van der Waals surface area contributed by atoms with Gasteiger partial charge >= 0.3 is 0 Å². The van der Waals surface area contributed by atoms with Crippen molar-refractivity contribution < 1.29 is 4.79 Å². The molecule has 3 nitrogen and oxygen atoms in total. The van der Waals surface area contributed by atoms with Gasteiger partial charge < -0.3 is 10.3 Å². The summed E-state index contributed by atoms with van der Waals surface area (Å²) < 4.78 is 1.90. The number of aromatic nitrogens is 1. The molecule has 3 rings (SSSR count). The van der Waals surface area contributed by atoms with Crippen LogP contribution in [0.1, 0.15) is 17.0 Å². The van der Waals surface area contributed by atoms with Gasteiger partial charge in [-0.2, -0.15) is 0 Å². The van der Waals surface area contributed by atoms with Gasteiger partial charge in [0.15, 0.2) is 0 Å². The van der Waals surface area contributed by atoms with Gasteiger partial charge in [-0.15, -0.1) is 0 Å². The molecule has 5 heteroatoms.